The van der Waals surface area contributed by atoms with Crippen LogP contribution < -0.4 is 15.0 Å². The lowest BCUT2D eigenvalue weighted by atomic mass is 10.2. The summed E-state index contributed by atoms with van der Waals surface area (Å²) in [5, 5.41) is 3.30. The van der Waals surface area contributed by atoms with Crippen molar-refractivity contribution >= 4 is 17.5 Å². The fourth-order valence-corrected chi connectivity index (χ4v) is 3.09. The van der Waals surface area contributed by atoms with Gasteiger partial charge in [0.1, 0.15) is 11.6 Å². The van der Waals surface area contributed by atoms with Crippen LogP contribution in [0.5, 0.6) is 5.75 Å². The lowest BCUT2D eigenvalue weighted by Crippen LogP contribution is -2.16. The van der Waals surface area contributed by atoms with E-state index in [2.05, 4.69) is 44.5 Å². The van der Waals surface area contributed by atoms with Crippen LogP contribution in [0.3, 0.4) is 0 Å². The average molecular weight is 332 g/mol. The molecule has 1 aliphatic rings. The molecule has 0 saturated heterocycles. The summed E-state index contributed by atoms with van der Waals surface area (Å²) in [5.41, 5.74) is 3.76. The van der Waals surface area contributed by atoms with E-state index in [0.29, 0.717) is 12.5 Å². The van der Waals surface area contributed by atoms with Gasteiger partial charge in [0, 0.05) is 25.0 Å². The Hall–Kier alpha value is -3.08. The number of anilines is 3. The second-order valence-electron chi connectivity index (χ2n) is 5.97. The summed E-state index contributed by atoms with van der Waals surface area (Å²) in [6, 6.07) is 18.4. The van der Waals surface area contributed by atoms with Crippen LogP contribution in [0.25, 0.3) is 0 Å². The maximum Gasteiger partial charge on any atom is 0.224 e. The topological polar surface area (TPSA) is 50.3 Å². The van der Waals surface area contributed by atoms with Crippen LogP contribution in [0.4, 0.5) is 17.5 Å². The van der Waals surface area contributed by atoms with Gasteiger partial charge in [0.25, 0.3) is 0 Å². The van der Waals surface area contributed by atoms with Gasteiger partial charge in [-0.05, 0) is 41.8 Å². The maximum atomic E-state index is 5.18. The molecule has 5 nitrogen and oxygen atoms in total. The number of ether oxygens (including phenoxy) is 1. The van der Waals surface area contributed by atoms with Crippen LogP contribution in [0.15, 0.2) is 60.8 Å². The monoisotopic (exact) mass is 332 g/mol. The highest BCUT2D eigenvalue weighted by Gasteiger charge is 2.20. The summed E-state index contributed by atoms with van der Waals surface area (Å²) in [5.74, 6) is 2.42. The molecule has 0 saturated carbocycles. The van der Waals surface area contributed by atoms with E-state index >= 15 is 0 Å². The zero-order valence-corrected chi connectivity index (χ0v) is 14.1. The molecule has 1 N–H and O–H groups in total. The van der Waals surface area contributed by atoms with Crippen molar-refractivity contribution in [3.63, 3.8) is 0 Å². The van der Waals surface area contributed by atoms with Crippen molar-refractivity contribution in [2.75, 3.05) is 23.9 Å². The zero-order chi connectivity index (χ0) is 17.1. The van der Waals surface area contributed by atoms with E-state index in [9.17, 15) is 0 Å². The summed E-state index contributed by atoms with van der Waals surface area (Å²) >= 11 is 0. The van der Waals surface area contributed by atoms with E-state index in [0.717, 1.165) is 30.1 Å². The van der Waals surface area contributed by atoms with Crippen molar-refractivity contribution in [2.24, 2.45) is 0 Å². The first-order valence-electron chi connectivity index (χ1n) is 8.39. The van der Waals surface area contributed by atoms with Gasteiger partial charge >= 0.3 is 0 Å². The molecule has 0 amide bonds. The number of benzene rings is 2. The number of methoxy groups -OCH3 is 1. The fourth-order valence-electron chi connectivity index (χ4n) is 3.09. The lowest BCUT2D eigenvalue weighted by Gasteiger charge is -2.18. The zero-order valence-electron chi connectivity index (χ0n) is 14.1. The Morgan fingerprint density at radius 3 is 2.76 bits per heavy atom. The van der Waals surface area contributed by atoms with Crippen LogP contribution in [-0.2, 0) is 13.0 Å². The Labute approximate surface area is 147 Å². The standard InChI is InChI=1S/C20H20N4O/c1-25-17-8-6-15(7-9-17)14-22-20-21-12-10-19(23-20)24-13-11-16-4-2-3-5-18(16)24/h2-10,12H,11,13-14H2,1H3,(H,21,22,23). The molecule has 0 bridgehead atoms. The Balaban J connectivity index is 1.48. The number of aromatic nitrogens is 2. The number of para-hydroxylation sites is 1. The van der Waals surface area contributed by atoms with Gasteiger partial charge < -0.3 is 15.0 Å². The molecule has 0 fully saturated rings. The van der Waals surface area contributed by atoms with Crippen molar-refractivity contribution in [1.29, 1.82) is 0 Å². The number of hydrogen-bond acceptors (Lipinski definition) is 5. The highest BCUT2D eigenvalue weighted by molar-refractivity contribution is 5.67. The van der Waals surface area contributed by atoms with Crippen LogP contribution in [0, 0.1) is 0 Å². The first-order chi connectivity index (χ1) is 12.3. The third-order valence-corrected chi connectivity index (χ3v) is 4.41. The van der Waals surface area contributed by atoms with E-state index < -0.39 is 0 Å². The van der Waals surface area contributed by atoms with Gasteiger partial charge in [0.15, 0.2) is 0 Å². The minimum atomic E-state index is 0.637. The lowest BCUT2D eigenvalue weighted by molar-refractivity contribution is 0.414. The van der Waals surface area contributed by atoms with Gasteiger partial charge in [0.2, 0.25) is 5.95 Å². The quantitative estimate of drug-likeness (QED) is 0.770. The number of hydrogen-bond donors (Lipinski definition) is 1. The predicted molar refractivity (Wildman–Crippen MR) is 99.5 cm³/mol. The van der Waals surface area contributed by atoms with Crippen molar-refractivity contribution in [3.05, 3.63) is 71.9 Å². The molecule has 0 spiro atoms. The Morgan fingerprint density at radius 1 is 1.08 bits per heavy atom. The highest BCUT2D eigenvalue weighted by Crippen LogP contribution is 2.33. The molecule has 25 heavy (non-hydrogen) atoms. The summed E-state index contributed by atoms with van der Waals surface area (Å²) in [6.45, 7) is 1.62. The van der Waals surface area contributed by atoms with Crippen LogP contribution in [0.2, 0.25) is 0 Å². The Morgan fingerprint density at radius 2 is 1.92 bits per heavy atom. The molecular formula is C20H20N4O. The SMILES string of the molecule is COc1ccc(CNc2nccc(N3CCc4ccccc43)n2)cc1. The maximum absolute atomic E-state index is 5.18. The van der Waals surface area contributed by atoms with Crippen molar-refractivity contribution < 1.29 is 4.74 Å². The average Bonchev–Trinajstić information content (AvgIpc) is 3.11. The summed E-state index contributed by atoms with van der Waals surface area (Å²) in [4.78, 5) is 11.3. The minimum Gasteiger partial charge on any atom is -0.497 e. The van der Waals surface area contributed by atoms with Gasteiger partial charge in [-0.2, -0.15) is 4.98 Å². The van der Waals surface area contributed by atoms with E-state index in [1.807, 2.05) is 30.3 Å². The molecule has 0 radical (unpaired) electrons. The molecule has 0 atom stereocenters. The van der Waals surface area contributed by atoms with Crippen LogP contribution in [0.1, 0.15) is 11.1 Å². The normalized spacial score (nSPS) is 12.8. The molecule has 0 unspecified atom stereocenters. The molecule has 1 aromatic heterocycles. The van der Waals surface area contributed by atoms with Crippen LogP contribution in [-0.4, -0.2) is 23.6 Å². The third-order valence-electron chi connectivity index (χ3n) is 4.41. The van der Waals surface area contributed by atoms with Gasteiger partial charge in [-0.3, -0.25) is 0 Å². The molecule has 126 valence electrons. The first kappa shape index (κ1) is 15.4. The highest BCUT2D eigenvalue weighted by atomic mass is 16.5. The van der Waals surface area contributed by atoms with Crippen LogP contribution >= 0.6 is 0 Å². The largest absolute Gasteiger partial charge is 0.497 e. The molecule has 3 aromatic rings. The second kappa shape index (κ2) is 6.81. The molecule has 5 heteroatoms. The number of nitrogens with zero attached hydrogens (tertiary/aromatic N) is 3. The van der Waals surface area contributed by atoms with Gasteiger partial charge in [0.05, 0.1) is 7.11 Å². The fraction of sp³-hybridized carbons (Fsp3) is 0.200. The first-order valence-corrected chi connectivity index (χ1v) is 8.39. The molecule has 4 rings (SSSR count). The second-order valence-corrected chi connectivity index (χ2v) is 5.97. The predicted octanol–water partition coefficient (Wildman–Crippen LogP) is 3.79. The van der Waals surface area contributed by atoms with Gasteiger partial charge in [-0.1, -0.05) is 30.3 Å². The van der Waals surface area contributed by atoms with Crippen molar-refractivity contribution in [1.82, 2.24) is 9.97 Å². The Bertz CT molecular complexity index is 864. The van der Waals surface area contributed by atoms with Gasteiger partial charge in [-0.25, -0.2) is 4.98 Å². The summed E-state index contributed by atoms with van der Waals surface area (Å²) in [7, 11) is 1.67. The summed E-state index contributed by atoms with van der Waals surface area (Å²) in [6.07, 6.45) is 2.86. The van der Waals surface area contributed by atoms with Crippen molar-refractivity contribution in [3.8, 4) is 5.75 Å². The van der Waals surface area contributed by atoms with Crippen molar-refractivity contribution in [2.45, 2.75) is 13.0 Å². The van der Waals surface area contributed by atoms with Gasteiger partial charge in [-0.15, -0.1) is 0 Å². The number of nitrogens with one attached hydrogen (secondary N) is 1. The smallest absolute Gasteiger partial charge is 0.224 e. The van der Waals surface area contributed by atoms with E-state index in [-0.39, 0.29) is 0 Å². The van der Waals surface area contributed by atoms with E-state index in [1.165, 1.54) is 11.3 Å². The number of fused-ring (bicyclic) bond motifs is 1. The third kappa shape index (κ3) is 3.26. The molecule has 0 aliphatic carbocycles. The van der Waals surface area contributed by atoms with E-state index in [4.69, 9.17) is 4.74 Å². The molecular weight excluding hydrogens is 312 g/mol. The molecule has 2 heterocycles. The summed E-state index contributed by atoms with van der Waals surface area (Å²) < 4.78 is 5.18. The number of rotatable bonds is 5. The minimum absolute atomic E-state index is 0.637. The molecule has 1 aliphatic heterocycles. The van der Waals surface area contributed by atoms with E-state index in [1.54, 1.807) is 13.3 Å². The molecule has 2 aromatic carbocycles. The Kier molecular flexibility index (Phi) is 4.21.